The van der Waals surface area contributed by atoms with Crippen molar-refractivity contribution >= 4 is 11.3 Å². The summed E-state index contributed by atoms with van der Waals surface area (Å²) in [5.74, 6) is 0.568. The molecule has 1 aromatic heterocycles. The zero-order valence-corrected chi connectivity index (χ0v) is 10.7. The molecule has 1 nitrogen and oxygen atoms in total. The lowest BCUT2D eigenvalue weighted by Gasteiger charge is -2.20. The topological polar surface area (TPSA) is 12.9 Å². The van der Waals surface area contributed by atoms with Crippen molar-refractivity contribution in [2.75, 3.05) is 0 Å². The van der Waals surface area contributed by atoms with E-state index in [0.717, 1.165) is 6.42 Å². The lowest BCUT2D eigenvalue weighted by molar-refractivity contribution is 0.346. The average molecular weight is 211 g/mol. The van der Waals surface area contributed by atoms with E-state index in [1.54, 1.807) is 11.3 Å². The average Bonchev–Trinajstić information content (AvgIpc) is 2.52. The van der Waals surface area contributed by atoms with Crippen molar-refractivity contribution in [1.82, 2.24) is 4.98 Å². The van der Waals surface area contributed by atoms with Crippen LogP contribution in [0.5, 0.6) is 0 Å². The number of aromatic nitrogens is 1. The van der Waals surface area contributed by atoms with Gasteiger partial charge in [-0.1, -0.05) is 41.0 Å². The van der Waals surface area contributed by atoms with E-state index in [1.165, 1.54) is 17.1 Å². The molecule has 0 saturated carbocycles. The van der Waals surface area contributed by atoms with Crippen LogP contribution in [0, 0.1) is 5.41 Å². The SMILES string of the molecule is CCC(C)(C)Cc1csc(C(C)C)n1. The van der Waals surface area contributed by atoms with Crippen LogP contribution in [0.25, 0.3) is 0 Å². The van der Waals surface area contributed by atoms with Crippen LogP contribution in [0.1, 0.15) is 57.7 Å². The molecule has 14 heavy (non-hydrogen) atoms. The summed E-state index contributed by atoms with van der Waals surface area (Å²) in [5.41, 5.74) is 1.66. The molecule has 0 aromatic carbocycles. The molecule has 1 rings (SSSR count). The monoisotopic (exact) mass is 211 g/mol. The summed E-state index contributed by atoms with van der Waals surface area (Å²) in [5, 5.41) is 3.49. The summed E-state index contributed by atoms with van der Waals surface area (Å²) in [4.78, 5) is 4.66. The first-order valence-electron chi connectivity index (χ1n) is 5.39. The van der Waals surface area contributed by atoms with Gasteiger partial charge in [0.05, 0.1) is 10.7 Å². The molecular weight excluding hydrogens is 190 g/mol. The van der Waals surface area contributed by atoms with Crippen LogP contribution < -0.4 is 0 Å². The van der Waals surface area contributed by atoms with Gasteiger partial charge in [0, 0.05) is 11.3 Å². The van der Waals surface area contributed by atoms with Crippen molar-refractivity contribution < 1.29 is 0 Å². The highest BCUT2D eigenvalue weighted by Gasteiger charge is 2.17. The van der Waals surface area contributed by atoms with Crippen LogP contribution in [-0.2, 0) is 6.42 Å². The lowest BCUT2D eigenvalue weighted by Crippen LogP contribution is -2.13. The van der Waals surface area contributed by atoms with Gasteiger partial charge in [0.2, 0.25) is 0 Å². The molecular formula is C12H21NS. The predicted octanol–water partition coefficient (Wildman–Crippen LogP) is 4.25. The zero-order valence-electron chi connectivity index (χ0n) is 9.92. The van der Waals surface area contributed by atoms with Gasteiger partial charge in [-0.2, -0.15) is 0 Å². The summed E-state index contributed by atoms with van der Waals surface area (Å²) >= 11 is 1.80. The smallest absolute Gasteiger partial charge is 0.0953 e. The predicted molar refractivity (Wildman–Crippen MR) is 64.0 cm³/mol. The molecule has 0 unspecified atom stereocenters. The molecule has 0 saturated heterocycles. The second-order valence-electron chi connectivity index (χ2n) is 5.03. The number of nitrogens with zero attached hydrogens (tertiary/aromatic N) is 1. The van der Waals surface area contributed by atoms with Crippen molar-refractivity contribution in [3.05, 3.63) is 16.1 Å². The van der Waals surface area contributed by atoms with Gasteiger partial charge in [-0.25, -0.2) is 4.98 Å². The molecule has 0 N–H and O–H groups in total. The van der Waals surface area contributed by atoms with Crippen LogP contribution in [0.3, 0.4) is 0 Å². The molecule has 0 amide bonds. The van der Waals surface area contributed by atoms with E-state index in [2.05, 4.69) is 45.0 Å². The Morgan fingerprint density at radius 2 is 2.07 bits per heavy atom. The third-order valence-electron chi connectivity index (χ3n) is 2.68. The van der Waals surface area contributed by atoms with E-state index in [0.29, 0.717) is 11.3 Å². The maximum atomic E-state index is 4.66. The zero-order chi connectivity index (χ0) is 10.8. The van der Waals surface area contributed by atoms with Crippen LogP contribution in [0.4, 0.5) is 0 Å². The molecule has 80 valence electrons. The molecule has 0 atom stereocenters. The molecule has 0 fully saturated rings. The molecule has 1 aromatic rings. The molecule has 2 heteroatoms. The van der Waals surface area contributed by atoms with E-state index in [4.69, 9.17) is 0 Å². The fourth-order valence-electron chi connectivity index (χ4n) is 1.28. The first-order valence-corrected chi connectivity index (χ1v) is 6.27. The minimum atomic E-state index is 0.391. The fraction of sp³-hybridized carbons (Fsp3) is 0.750. The van der Waals surface area contributed by atoms with E-state index < -0.39 is 0 Å². The Bertz CT molecular complexity index is 286. The van der Waals surface area contributed by atoms with E-state index in [9.17, 15) is 0 Å². The van der Waals surface area contributed by atoms with Gasteiger partial charge in [0.25, 0.3) is 0 Å². The minimum Gasteiger partial charge on any atom is -0.246 e. The highest BCUT2D eigenvalue weighted by Crippen LogP contribution is 2.27. The van der Waals surface area contributed by atoms with Crippen LogP contribution in [0.15, 0.2) is 5.38 Å². The number of rotatable bonds is 4. The third-order valence-corrected chi connectivity index (χ3v) is 3.87. The molecule has 0 aliphatic heterocycles. The number of thiazole rings is 1. The highest BCUT2D eigenvalue weighted by atomic mass is 32.1. The lowest BCUT2D eigenvalue weighted by atomic mass is 9.85. The molecule has 0 bridgehead atoms. The molecule has 0 aliphatic carbocycles. The molecule has 0 radical (unpaired) electrons. The van der Waals surface area contributed by atoms with Crippen LogP contribution >= 0.6 is 11.3 Å². The second kappa shape index (κ2) is 4.43. The first-order chi connectivity index (χ1) is 6.44. The Labute approximate surface area is 91.6 Å². The van der Waals surface area contributed by atoms with Crippen molar-refractivity contribution in [3.8, 4) is 0 Å². The Morgan fingerprint density at radius 1 is 1.43 bits per heavy atom. The quantitative estimate of drug-likeness (QED) is 0.725. The largest absolute Gasteiger partial charge is 0.246 e. The molecule has 0 aliphatic rings. The summed E-state index contributed by atoms with van der Waals surface area (Å²) < 4.78 is 0. The minimum absolute atomic E-state index is 0.391. The van der Waals surface area contributed by atoms with Crippen LogP contribution in [-0.4, -0.2) is 4.98 Å². The summed E-state index contributed by atoms with van der Waals surface area (Å²) in [6.07, 6.45) is 2.31. The van der Waals surface area contributed by atoms with Gasteiger partial charge in [-0.05, 0) is 11.8 Å². The summed E-state index contributed by atoms with van der Waals surface area (Å²) in [6.45, 7) is 11.3. The number of hydrogen-bond donors (Lipinski definition) is 0. The first kappa shape index (κ1) is 11.7. The maximum absolute atomic E-state index is 4.66. The van der Waals surface area contributed by atoms with Gasteiger partial charge < -0.3 is 0 Å². The van der Waals surface area contributed by atoms with Crippen molar-refractivity contribution in [2.24, 2.45) is 5.41 Å². The maximum Gasteiger partial charge on any atom is 0.0953 e. The summed E-state index contributed by atoms with van der Waals surface area (Å²) in [6, 6.07) is 0. The van der Waals surface area contributed by atoms with Crippen molar-refractivity contribution in [1.29, 1.82) is 0 Å². The highest BCUT2D eigenvalue weighted by molar-refractivity contribution is 7.09. The van der Waals surface area contributed by atoms with Gasteiger partial charge >= 0.3 is 0 Å². The van der Waals surface area contributed by atoms with E-state index in [1.807, 2.05) is 0 Å². The van der Waals surface area contributed by atoms with Crippen LogP contribution in [0.2, 0.25) is 0 Å². The van der Waals surface area contributed by atoms with Crippen molar-refractivity contribution in [2.45, 2.75) is 53.4 Å². The fourth-order valence-corrected chi connectivity index (χ4v) is 2.12. The van der Waals surface area contributed by atoms with E-state index >= 15 is 0 Å². The Balaban J connectivity index is 2.69. The van der Waals surface area contributed by atoms with E-state index in [-0.39, 0.29) is 0 Å². The third kappa shape index (κ3) is 3.09. The number of hydrogen-bond acceptors (Lipinski definition) is 2. The second-order valence-corrected chi connectivity index (χ2v) is 5.92. The van der Waals surface area contributed by atoms with Gasteiger partial charge in [-0.15, -0.1) is 11.3 Å². The standard InChI is InChI=1S/C12H21NS/c1-6-12(4,5)7-10-8-14-11(13-10)9(2)3/h8-9H,6-7H2,1-5H3. The Hall–Kier alpha value is -0.370. The Kier molecular flexibility index (Phi) is 3.71. The Morgan fingerprint density at radius 3 is 2.50 bits per heavy atom. The van der Waals surface area contributed by atoms with Gasteiger partial charge in [0.1, 0.15) is 0 Å². The molecule has 0 spiro atoms. The summed E-state index contributed by atoms with van der Waals surface area (Å²) in [7, 11) is 0. The van der Waals surface area contributed by atoms with Gasteiger partial charge in [0.15, 0.2) is 0 Å². The van der Waals surface area contributed by atoms with Gasteiger partial charge in [-0.3, -0.25) is 0 Å². The van der Waals surface area contributed by atoms with Crippen molar-refractivity contribution in [3.63, 3.8) is 0 Å². The molecule has 1 heterocycles. The normalized spacial score (nSPS) is 12.4.